The number of nitrogens with zero attached hydrogens (tertiary/aromatic N) is 1. The second kappa shape index (κ2) is 7.49. The van der Waals surface area contributed by atoms with Gasteiger partial charge in [-0.3, -0.25) is 0 Å². The van der Waals surface area contributed by atoms with Crippen LogP contribution in [0.25, 0.3) is 10.2 Å². The van der Waals surface area contributed by atoms with Crippen molar-refractivity contribution in [3.05, 3.63) is 28.2 Å². The van der Waals surface area contributed by atoms with Gasteiger partial charge in [0.05, 0.1) is 15.2 Å². The Hall–Kier alpha value is -1.33. The maximum atomic E-state index is 11.6. The zero-order valence-electron chi connectivity index (χ0n) is 14.0. The molecule has 2 aromatic rings. The predicted molar refractivity (Wildman–Crippen MR) is 96.4 cm³/mol. The lowest BCUT2D eigenvalue weighted by Crippen LogP contribution is -2.33. The molecule has 0 bridgehead atoms. The Morgan fingerprint density at radius 1 is 1.43 bits per heavy atom. The van der Waals surface area contributed by atoms with Crippen molar-refractivity contribution in [1.82, 2.24) is 10.3 Å². The summed E-state index contributed by atoms with van der Waals surface area (Å²) in [5.41, 5.74) is 0.495. The van der Waals surface area contributed by atoms with E-state index < -0.39 is 5.60 Å². The number of rotatable bonds is 5. The summed E-state index contributed by atoms with van der Waals surface area (Å²) in [6.45, 7) is 8.33. The number of carbonyl (C=O) groups is 1. The van der Waals surface area contributed by atoms with Crippen molar-refractivity contribution in [1.29, 1.82) is 0 Å². The second-order valence-corrected chi connectivity index (χ2v) is 8.30. The molecule has 0 aliphatic carbocycles. The molecule has 23 heavy (non-hydrogen) atoms. The second-order valence-electron chi connectivity index (χ2n) is 6.75. The van der Waals surface area contributed by atoms with Gasteiger partial charge in [-0.2, -0.15) is 0 Å². The number of alkyl carbamates (subject to hydrolysis) is 1. The van der Waals surface area contributed by atoms with Crippen LogP contribution in [0.1, 0.15) is 39.1 Å². The van der Waals surface area contributed by atoms with Crippen LogP contribution < -0.4 is 5.32 Å². The molecular formula is C17H23ClN2O2S. The molecule has 0 saturated heterocycles. The first-order valence-corrected chi connectivity index (χ1v) is 8.94. The van der Waals surface area contributed by atoms with E-state index in [-0.39, 0.29) is 6.09 Å². The number of hydrogen-bond donors (Lipinski definition) is 1. The Labute approximate surface area is 146 Å². The van der Waals surface area contributed by atoms with Crippen LogP contribution in [-0.2, 0) is 11.2 Å². The van der Waals surface area contributed by atoms with E-state index in [9.17, 15) is 4.79 Å². The van der Waals surface area contributed by atoms with Crippen molar-refractivity contribution < 1.29 is 9.53 Å². The minimum atomic E-state index is -0.460. The molecule has 0 saturated carbocycles. The lowest BCUT2D eigenvalue weighted by atomic mass is 10.0. The fourth-order valence-corrected chi connectivity index (χ4v) is 3.45. The van der Waals surface area contributed by atoms with Gasteiger partial charge in [-0.25, -0.2) is 9.78 Å². The number of aromatic nitrogens is 1. The summed E-state index contributed by atoms with van der Waals surface area (Å²) in [7, 11) is 0. The maximum absolute atomic E-state index is 11.6. The Morgan fingerprint density at radius 3 is 2.87 bits per heavy atom. The van der Waals surface area contributed by atoms with Crippen molar-refractivity contribution in [2.45, 2.75) is 46.1 Å². The molecule has 1 heterocycles. The van der Waals surface area contributed by atoms with E-state index in [0.717, 1.165) is 28.1 Å². The van der Waals surface area contributed by atoms with Gasteiger partial charge in [-0.15, -0.1) is 11.3 Å². The summed E-state index contributed by atoms with van der Waals surface area (Å²) < 4.78 is 6.37. The normalized spacial score (nSPS) is 13.1. The molecule has 1 atom stereocenters. The third-order valence-electron chi connectivity index (χ3n) is 3.22. The highest BCUT2D eigenvalue weighted by Crippen LogP contribution is 2.26. The number of ether oxygens (including phenoxy) is 1. The van der Waals surface area contributed by atoms with Crippen LogP contribution in [0.5, 0.6) is 0 Å². The maximum Gasteiger partial charge on any atom is 0.407 e. The molecule has 1 N–H and O–H groups in total. The van der Waals surface area contributed by atoms with Crippen molar-refractivity contribution in [2.75, 3.05) is 6.54 Å². The van der Waals surface area contributed by atoms with Crippen molar-refractivity contribution in [3.63, 3.8) is 0 Å². The van der Waals surface area contributed by atoms with Gasteiger partial charge in [0, 0.05) is 18.0 Å². The Kier molecular flexibility index (Phi) is 5.87. The molecule has 0 aliphatic heterocycles. The summed E-state index contributed by atoms with van der Waals surface area (Å²) in [6.07, 6.45) is 1.42. The summed E-state index contributed by atoms with van der Waals surface area (Å²) >= 11 is 7.69. The van der Waals surface area contributed by atoms with E-state index >= 15 is 0 Å². The third kappa shape index (κ3) is 5.99. The van der Waals surface area contributed by atoms with Gasteiger partial charge >= 0.3 is 6.09 Å². The van der Waals surface area contributed by atoms with E-state index in [4.69, 9.17) is 16.3 Å². The predicted octanol–water partition coefficient (Wildman–Crippen LogP) is 5.04. The smallest absolute Gasteiger partial charge is 0.407 e. The molecular weight excluding hydrogens is 332 g/mol. The first-order chi connectivity index (χ1) is 10.7. The van der Waals surface area contributed by atoms with Gasteiger partial charge in [0.1, 0.15) is 5.60 Å². The van der Waals surface area contributed by atoms with Gasteiger partial charge < -0.3 is 10.1 Å². The van der Waals surface area contributed by atoms with Crippen LogP contribution in [0.2, 0.25) is 5.02 Å². The van der Waals surface area contributed by atoms with Crippen LogP contribution in [0, 0.1) is 5.92 Å². The summed E-state index contributed by atoms with van der Waals surface area (Å²) in [5.74, 6) is 0.431. The van der Waals surface area contributed by atoms with Crippen molar-refractivity contribution in [3.8, 4) is 0 Å². The highest BCUT2D eigenvalue weighted by atomic mass is 35.5. The van der Waals surface area contributed by atoms with Gasteiger partial charge in [0.25, 0.3) is 0 Å². The van der Waals surface area contributed by atoms with Gasteiger partial charge in [0.2, 0.25) is 0 Å². The molecule has 0 radical (unpaired) electrons. The van der Waals surface area contributed by atoms with Crippen LogP contribution in [0.15, 0.2) is 18.2 Å². The molecule has 6 heteroatoms. The number of amides is 1. The van der Waals surface area contributed by atoms with Crippen LogP contribution in [-0.4, -0.2) is 23.2 Å². The third-order valence-corrected chi connectivity index (χ3v) is 4.52. The number of hydrogen-bond acceptors (Lipinski definition) is 4. The molecule has 1 unspecified atom stereocenters. The molecule has 1 aromatic heterocycles. The largest absolute Gasteiger partial charge is 0.444 e. The molecule has 0 spiro atoms. The highest BCUT2D eigenvalue weighted by Gasteiger charge is 2.16. The van der Waals surface area contributed by atoms with Gasteiger partial charge in [-0.1, -0.05) is 18.5 Å². The van der Waals surface area contributed by atoms with Crippen LogP contribution in [0.4, 0.5) is 4.79 Å². The Bertz CT molecular complexity index is 679. The molecule has 4 nitrogen and oxygen atoms in total. The molecule has 0 aliphatic rings. The minimum absolute atomic E-state index is 0.362. The molecule has 1 aromatic carbocycles. The zero-order chi connectivity index (χ0) is 17.0. The molecule has 0 fully saturated rings. The number of carbonyl (C=O) groups excluding carboxylic acids is 1. The Morgan fingerprint density at radius 2 is 2.17 bits per heavy atom. The summed E-state index contributed by atoms with van der Waals surface area (Å²) in [4.78, 5) is 16.2. The van der Waals surface area contributed by atoms with Crippen molar-refractivity contribution >= 4 is 39.2 Å². The fraction of sp³-hybridized carbons (Fsp3) is 0.529. The van der Waals surface area contributed by atoms with E-state index in [0.29, 0.717) is 17.5 Å². The molecule has 2 rings (SSSR count). The average Bonchev–Trinajstić information content (AvgIpc) is 2.77. The number of nitrogens with one attached hydrogen (secondary N) is 1. The Balaban J connectivity index is 1.80. The van der Waals surface area contributed by atoms with Gasteiger partial charge in [-0.05, 0) is 51.3 Å². The van der Waals surface area contributed by atoms with Crippen LogP contribution >= 0.6 is 22.9 Å². The fourth-order valence-electron chi connectivity index (χ4n) is 2.17. The standard InChI is InChI=1S/C17H23ClN2O2S/c1-11(7-8-19-16(21)22-17(2,3)4)9-15-20-13-10-12(18)5-6-14(13)23-15/h5-6,10-11H,7-9H2,1-4H3,(H,19,21). The van der Waals surface area contributed by atoms with E-state index in [1.54, 1.807) is 11.3 Å². The minimum Gasteiger partial charge on any atom is -0.444 e. The van der Waals surface area contributed by atoms with Gasteiger partial charge in [0.15, 0.2) is 0 Å². The lowest BCUT2D eigenvalue weighted by molar-refractivity contribution is 0.0525. The summed E-state index contributed by atoms with van der Waals surface area (Å²) in [6, 6.07) is 5.79. The molecule has 1 amide bonds. The number of thiazole rings is 1. The van der Waals surface area contributed by atoms with Crippen molar-refractivity contribution in [2.24, 2.45) is 5.92 Å². The van der Waals surface area contributed by atoms with Crippen LogP contribution in [0.3, 0.4) is 0 Å². The van der Waals surface area contributed by atoms with E-state index in [1.165, 1.54) is 0 Å². The SMILES string of the molecule is CC(CCNC(=O)OC(C)(C)C)Cc1nc2cc(Cl)ccc2s1. The first kappa shape index (κ1) is 18.0. The molecule has 126 valence electrons. The van der Waals surface area contributed by atoms with E-state index in [1.807, 2.05) is 39.0 Å². The number of benzene rings is 1. The highest BCUT2D eigenvalue weighted by molar-refractivity contribution is 7.18. The summed E-state index contributed by atoms with van der Waals surface area (Å²) in [5, 5.41) is 4.61. The number of fused-ring (bicyclic) bond motifs is 1. The zero-order valence-corrected chi connectivity index (χ0v) is 15.6. The first-order valence-electron chi connectivity index (χ1n) is 7.75. The average molecular weight is 355 g/mol. The topological polar surface area (TPSA) is 51.2 Å². The monoisotopic (exact) mass is 354 g/mol. The van der Waals surface area contributed by atoms with E-state index in [2.05, 4.69) is 17.2 Å². The quantitative estimate of drug-likeness (QED) is 0.818. The number of halogens is 1. The lowest BCUT2D eigenvalue weighted by Gasteiger charge is -2.20.